The summed E-state index contributed by atoms with van der Waals surface area (Å²) in [6.07, 6.45) is 6.80. The Morgan fingerprint density at radius 1 is 1.24 bits per heavy atom. The van der Waals surface area contributed by atoms with Gasteiger partial charge in [-0.25, -0.2) is 14.6 Å². The predicted molar refractivity (Wildman–Crippen MR) is 111 cm³/mol. The van der Waals surface area contributed by atoms with Gasteiger partial charge in [0.15, 0.2) is 0 Å². The molecule has 0 bridgehead atoms. The summed E-state index contributed by atoms with van der Waals surface area (Å²) in [4.78, 5) is 24.5. The number of hydrogen-bond acceptors (Lipinski definition) is 6. The molecule has 1 saturated heterocycles. The van der Waals surface area contributed by atoms with Gasteiger partial charge in [-0.1, -0.05) is 12.0 Å². The third kappa shape index (κ3) is 3.68. The SMILES string of the molecule is CC#CCn1c(N2CCCCC2)nc2cnn(Cc3cccnc3OC)c(=O)c21. The van der Waals surface area contributed by atoms with Crippen LogP contribution in [0.15, 0.2) is 29.3 Å². The van der Waals surface area contributed by atoms with Crippen molar-refractivity contribution >= 4 is 17.0 Å². The van der Waals surface area contributed by atoms with Crippen molar-refractivity contribution in [2.45, 2.75) is 39.3 Å². The molecular formula is C21H24N6O2. The maximum Gasteiger partial charge on any atom is 0.293 e. The summed E-state index contributed by atoms with van der Waals surface area (Å²) < 4.78 is 8.67. The number of anilines is 1. The van der Waals surface area contributed by atoms with Crippen LogP contribution in [0, 0.1) is 11.8 Å². The molecule has 8 nitrogen and oxygen atoms in total. The second-order valence-electron chi connectivity index (χ2n) is 6.99. The first-order valence-electron chi connectivity index (χ1n) is 9.81. The van der Waals surface area contributed by atoms with Gasteiger partial charge in [0, 0.05) is 24.8 Å². The Hall–Kier alpha value is -3.34. The molecule has 3 aromatic heterocycles. The molecule has 4 rings (SSSR count). The number of aromatic nitrogens is 5. The lowest BCUT2D eigenvalue weighted by molar-refractivity contribution is 0.389. The smallest absolute Gasteiger partial charge is 0.293 e. The van der Waals surface area contributed by atoms with E-state index in [0.717, 1.165) is 37.4 Å². The minimum Gasteiger partial charge on any atom is -0.481 e. The van der Waals surface area contributed by atoms with Crippen LogP contribution in [0.3, 0.4) is 0 Å². The van der Waals surface area contributed by atoms with Crippen molar-refractivity contribution in [2.75, 3.05) is 25.1 Å². The van der Waals surface area contributed by atoms with E-state index < -0.39 is 0 Å². The zero-order valence-electron chi connectivity index (χ0n) is 16.8. The quantitative estimate of drug-likeness (QED) is 0.619. The van der Waals surface area contributed by atoms with Crippen molar-refractivity contribution in [1.82, 2.24) is 24.3 Å². The lowest BCUT2D eigenvalue weighted by atomic mass is 10.1. The monoisotopic (exact) mass is 392 g/mol. The van der Waals surface area contributed by atoms with Crippen molar-refractivity contribution in [3.8, 4) is 17.7 Å². The fourth-order valence-electron chi connectivity index (χ4n) is 3.72. The minimum absolute atomic E-state index is 0.193. The van der Waals surface area contributed by atoms with Crippen LogP contribution in [-0.4, -0.2) is 44.5 Å². The summed E-state index contributed by atoms with van der Waals surface area (Å²) in [7, 11) is 1.56. The Morgan fingerprint density at radius 3 is 2.83 bits per heavy atom. The zero-order valence-corrected chi connectivity index (χ0v) is 16.8. The third-order valence-corrected chi connectivity index (χ3v) is 5.15. The van der Waals surface area contributed by atoms with E-state index in [4.69, 9.17) is 9.72 Å². The van der Waals surface area contributed by atoms with Crippen LogP contribution in [0.5, 0.6) is 5.88 Å². The third-order valence-electron chi connectivity index (χ3n) is 5.15. The van der Waals surface area contributed by atoms with Gasteiger partial charge in [-0.3, -0.25) is 9.36 Å². The van der Waals surface area contributed by atoms with Crippen LogP contribution >= 0.6 is 0 Å². The standard InChI is InChI=1S/C21H24N6O2/c1-3-4-13-26-18-17(24-21(26)25-11-6-5-7-12-25)14-23-27(20(18)28)15-16-9-8-10-22-19(16)29-2/h8-10,14H,5-7,11-13,15H2,1-2H3. The number of piperidine rings is 1. The average Bonchev–Trinajstić information content (AvgIpc) is 3.14. The molecule has 0 radical (unpaired) electrons. The van der Waals surface area contributed by atoms with E-state index in [-0.39, 0.29) is 12.1 Å². The van der Waals surface area contributed by atoms with E-state index >= 15 is 0 Å². The molecule has 1 fully saturated rings. The highest BCUT2D eigenvalue weighted by atomic mass is 16.5. The van der Waals surface area contributed by atoms with Gasteiger partial charge in [0.05, 0.1) is 26.4 Å². The fourth-order valence-corrected chi connectivity index (χ4v) is 3.72. The molecule has 8 heteroatoms. The van der Waals surface area contributed by atoms with Gasteiger partial charge in [-0.2, -0.15) is 5.10 Å². The van der Waals surface area contributed by atoms with Crippen LogP contribution in [0.2, 0.25) is 0 Å². The zero-order chi connectivity index (χ0) is 20.2. The van der Waals surface area contributed by atoms with Crippen LogP contribution in [0.1, 0.15) is 31.7 Å². The van der Waals surface area contributed by atoms with Gasteiger partial charge in [0.1, 0.15) is 11.0 Å². The largest absolute Gasteiger partial charge is 0.481 e. The molecular weight excluding hydrogens is 368 g/mol. The highest BCUT2D eigenvalue weighted by Gasteiger charge is 2.22. The molecule has 0 spiro atoms. The van der Waals surface area contributed by atoms with Crippen molar-refractivity contribution in [1.29, 1.82) is 0 Å². The van der Waals surface area contributed by atoms with Gasteiger partial charge in [0.2, 0.25) is 11.8 Å². The number of methoxy groups -OCH3 is 1. The number of nitrogens with zero attached hydrogens (tertiary/aromatic N) is 6. The average molecular weight is 392 g/mol. The van der Waals surface area contributed by atoms with Crippen molar-refractivity contribution in [3.05, 3.63) is 40.4 Å². The fraction of sp³-hybridized carbons (Fsp3) is 0.429. The molecule has 3 aromatic rings. The van der Waals surface area contributed by atoms with E-state index in [0.29, 0.717) is 23.5 Å². The minimum atomic E-state index is -0.193. The van der Waals surface area contributed by atoms with Gasteiger partial charge >= 0.3 is 0 Å². The molecule has 0 N–H and O–H groups in total. The van der Waals surface area contributed by atoms with Gasteiger partial charge in [-0.15, -0.1) is 5.92 Å². The first kappa shape index (κ1) is 19.0. The molecule has 0 aliphatic carbocycles. The Morgan fingerprint density at radius 2 is 2.07 bits per heavy atom. The van der Waals surface area contributed by atoms with Crippen LogP contribution in [0.4, 0.5) is 5.95 Å². The highest BCUT2D eigenvalue weighted by Crippen LogP contribution is 2.23. The summed E-state index contributed by atoms with van der Waals surface area (Å²) in [6, 6.07) is 3.69. The summed E-state index contributed by atoms with van der Waals surface area (Å²) in [5, 5.41) is 4.35. The normalized spacial score (nSPS) is 13.9. The summed E-state index contributed by atoms with van der Waals surface area (Å²) in [5.74, 6) is 7.30. The second kappa shape index (κ2) is 8.35. The molecule has 0 saturated carbocycles. The van der Waals surface area contributed by atoms with E-state index in [1.54, 1.807) is 26.4 Å². The molecule has 1 aliphatic heterocycles. The van der Waals surface area contributed by atoms with Crippen molar-refractivity contribution in [3.63, 3.8) is 0 Å². The first-order valence-corrected chi connectivity index (χ1v) is 9.81. The molecule has 4 heterocycles. The highest BCUT2D eigenvalue weighted by molar-refractivity contribution is 5.77. The van der Waals surface area contributed by atoms with E-state index in [1.165, 1.54) is 11.1 Å². The Balaban J connectivity index is 1.81. The van der Waals surface area contributed by atoms with Crippen LogP contribution in [-0.2, 0) is 13.1 Å². The maximum absolute atomic E-state index is 13.3. The van der Waals surface area contributed by atoms with Gasteiger partial charge < -0.3 is 9.64 Å². The lowest BCUT2D eigenvalue weighted by Crippen LogP contribution is -2.32. The predicted octanol–water partition coefficient (Wildman–Crippen LogP) is 2.06. The molecule has 0 unspecified atom stereocenters. The molecule has 0 aromatic carbocycles. The van der Waals surface area contributed by atoms with Crippen LogP contribution in [0.25, 0.3) is 11.0 Å². The number of ether oxygens (including phenoxy) is 1. The molecule has 0 amide bonds. The summed E-state index contributed by atoms with van der Waals surface area (Å²) in [5.41, 5.74) is 1.73. The Kier molecular flexibility index (Phi) is 5.47. The van der Waals surface area contributed by atoms with Gasteiger partial charge in [0.25, 0.3) is 5.56 Å². The molecule has 0 atom stereocenters. The van der Waals surface area contributed by atoms with E-state index in [2.05, 4.69) is 26.8 Å². The van der Waals surface area contributed by atoms with Gasteiger partial charge in [-0.05, 0) is 32.3 Å². The van der Waals surface area contributed by atoms with Crippen molar-refractivity contribution < 1.29 is 4.74 Å². The van der Waals surface area contributed by atoms with E-state index in [9.17, 15) is 4.79 Å². The number of pyridine rings is 1. The van der Waals surface area contributed by atoms with E-state index in [1.807, 2.05) is 16.7 Å². The number of imidazole rings is 1. The summed E-state index contributed by atoms with van der Waals surface area (Å²) in [6.45, 7) is 4.38. The Bertz CT molecular complexity index is 1130. The Labute approximate surface area is 169 Å². The lowest BCUT2D eigenvalue weighted by Gasteiger charge is -2.27. The van der Waals surface area contributed by atoms with Crippen LogP contribution < -0.4 is 15.2 Å². The van der Waals surface area contributed by atoms with Crippen molar-refractivity contribution in [2.24, 2.45) is 0 Å². The first-order chi connectivity index (χ1) is 14.2. The second-order valence-corrected chi connectivity index (χ2v) is 6.99. The number of fused-ring (bicyclic) bond motifs is 1. The topological polar surface area (TPSA) is 78.1 Å². The maximum atomic E-state index is 13.3. The molecule has 1 aliphatic rings. The number of hydrogen-bond donors (Lipinski definition) is 0. The number of rotatable bonds is 5. The molecule has 29 heavy (non-hydrogen) atoms. The summed E-state index contributed by atoms with van der Waals surface area (Å²) >= 11 is 0. The molecule has 150 valence electrons.